The van der Waals surface area contributed by atoms with Crippen molar-refractivity contribution in [1.82, 2.24) is 19.9 Å². The second-order valence-electron chi connectivity index (χ2n) is 4.69. The van der Waals surface area contributed by atoms with Crippen molar-refractivity contribution in [2.24, 2.45) is 5.92 Å². The minimum atomic E-state index is 0.262. The van der Waals surface area contributed by atoms with Crippen LogP contribution in [0.1, 0.15) is 26.2 Å². The van der Waals surface area contributed by atoms with Crippen LogP contribution in [0.3, 0.4) is 0 Å². The molecule has 0 aromatic carbocycles. The van der Waals surface area contributed by atoms with E-state index in [1.165, 1.54) is 19.3 Å². The first-order valence-corrected chi connectivity index (χ1v) is 5.97. The SMILES string of the molecule is CC1CCCC1Nc1nc(N)nc2nc[nH]c12. The van der Waals surface area contributed by atoms with Crippen molar-refractivity contribution in [3.8, 4) is 0 Å². The van der Waals surface area contributed by atoms with Crippen LogP contribution in [0.25, 0.3) is 11.2 Å². The van der Waals surface area contributed by atoms with Crippen molar-refractivity contribution in [2.45, 2.75) is 32.2 Å². The minimum absolute atomic E-state index is 0.262. The summed E-state index contributed by atoms with van der Waals surface area (Å²) in [6.45, 7) is 2.26. The molecule has 0 saturated heterocycles. The van der Waals surface area contributed by atoms with Gasteiger partial charge < -0.3 is 16.0 Å². The number of aromatic nitrogens is 4. The van der Waals surface area contributed by atoms with E-state index in [4.69, 9.17) is 5.73 Å². The lowest BCUT2D eigenvalue weighted by molar-refractivity contribution is 0.555. The number of hydrogen-bond donors (Lipinski definition) is 3. The zero-order chi connectivity index (χ0) is 11.8. The molecule has 4 N–H and O–H groups in total. The number of rotatable bonds is 2. The summed E-state index contributed by atoms with van der Waals surface area (Å²) in [4.78, 5) is 15.5. The van der Waals surface area contributed by atoms with Gasteiger partial charge in [-0.2, -0.15) is 9.97 Å². The van der Waals surface area contributed by atoms with Crippen molar-refractivity contribution < 1.29 is 0 Å². The fraction of sp³-hybridized carbons (Fsp3) is 0.545. The summed E-state index contributed by atoms with van der Waals surface area (Å²) < 4.78 is 0. The van der Waals surface area contributed by atoms with Crippen molar-refractivity contribution in [1.29, 1.82) is 0 Å². The van der Waals surface area contributed by atoms with Crippen molar-refractivity contribution in [3.63, 3.8) is 0 Å². The molecule has 1 aliphatic rings. The van der Waals surface area contributed by atoms with E-state index in [9.17, 15) is 0 Å². The highest BCUT2D eigenvalue weighted by atomic mass is 15.1. The third-order valence-electron chi connectivity index (χ3n) is 3.49. The number of imidazole rings is 1. The molecule has 90 valence electrons. The summed E-state index contributed by atoms with van der Waals surface area (Å²) >= 11 is 0. The van der Waals surface area contributed by atoms with E-state index >= 15 is 0 Å². The molecule has 3 rings (SSSR count). The van der Waals surface area contributed by atoms with Gasteiger partial charge in [0, 0.05) is 6.04 Å². The van der Waals surface area contributed by atoms with E-state index in [-0.39, 0.29) is 5.95 Å². The average Bonchev–Trinajstić information content (AvgIpc) is 2.88. The Morgan fingerprint density at radius 1 is 1.41 bits per heavy atom. The first kappa shape index (κ1) is 10.3. The standard InChI is InChI=1S/C11H16N6/c1-6-3-2-4-7(6)15-10-8-9(14-5-13-8)16-11(12)17-10/h5-7H,2-4H2,1H3,(H4,12,13,14,15,16,17). The van der Waals surface area contributed by atoms with Crippen LogP contribution < -0.4 is 11.1 Å². The number of H-pyrrole nitrogens is 1. The van der Waals surface area contributed by atoms with Gasteiger partial charge in [-0.05, 0) is 18.8 Å². The molecule has 6 heteroatoms. The second kappa shape index (κ2) is 3.87. The molecule has 0 aliphatic heterocycles. The van der Waals surface area contributed by atoms with Gasteiger partial charge >= 0.3 is 0 Å². The average molecular weight is 232 g/mol. The van der Waals surface area contributed by atoms with Gasteiger partial charge in [-0.3, -0.25) is 0 Å². The molecular weight excluding hydrogens is 216 g/mol. The summed E-state index contributed by atoms with van der Waals surface area (Å²) in [6.07, 6.45) is 5.33. The summed E-state index contributed by atoms with van der Waals surface area (Å²) in [5.41, 5.74) is 7.12. The van der Waals surface area contributed by atoms with Gasteiger partial charge in [-0.25, -0.2) is 4.98 Å². The number of anilines is 2. The lowest BCUT2D eigenvalue weighted by Crippen LogP contribution is -2.23. The van der Waals surface area contributed by atoms with Crippen LogP contribution in [0, 0.1) is 5.92 Å². The molecule has 2 aromatic heterocycles. The minimum Gasteiger partial charge on any atom is -0.368 e. The normalized spacial score (nSPS) is 24.3. The Morgan fingerprint density at radius 2 is 2.29 bits per heavy atom. The predicted octanol–water partition coefficient (Wildman–Crippen LogP) is 1.54. The second-order valence-corrected chi connectivity index (χ2v) is 4.69. The summed E-state index contributed by atoms with van der Waals surface area (Å²) in [6, 6.07) is 0.468. The first-order chi connectivity index (χ1) is 8.24. The molecule has 0 radical (unpaired) electrons. The zero-order valence-corrected chi connectivity index (χ0v) is 9.77. The maximum atomic E-state index is 5.68. The quantitative estimate of drug-likeness (QED) is 0.730. The molecule has 6 nitrogen and oxygen atoms in total. The molecule has 0 amide bonds. The lowest BCUT2D eigenvalue weighted by Gasteiger charge is -2.18. The van der Waals surface area contributed by atoms with E-state index in [0.29, 0.717) is 17.6 Å². The summed E-state index contributed by atoms with van der Waals surface area (Å²) in [5.74, 6) is 1.70. The van der Waals surface area contributed by atoms with Crippen LogP contribution in [0.2, 0.25) is 0 Å². The van der Waals surface area contributed by atoms with Gasteiger partial charge in [0.2, 0.25) is 5.95 Å². The van der Waals surface area contributed by atoms with Crippen LogP contribution in [-0.2, 0) is 0 Å². The third kappa shape index (κ3) is 1.79. The fourth-order valence-electron chi connectivity index (χ4n) is 2.49. The highest BCUT2D eigenvalue weighted by Gasteiger charge is 2.24. The number of nitrogen functional groups attached to an aromatic ring is 1. The smallest absolute Gasteiger partial charge is 0.224 e. The van der Waals surface area contributed by atoms with E-state index in [0.717, 1.165) is 11.3 Å². The van der Waals surface area contributed by atoms with Crippen LogP contribution in [-0.4, -0.2) is 26.0 Å². The molecule has 1 aliphatic carbocycles. The molecule has 17 heavy (non-hydrogen) atoms. The highest BCUT2D eigenvalue weighted by molar-refractivity contribution is 5.83. The molecule has 1 fully saturated rings. The number of hydrogen-bond acceptors (Lipinski definition) is 5. The highest BCUT2D eigenvalue weighted by Crippen LogP contribution is 2.29. The maximum Gasteiger partial charge on any atom is 0.224 e. The van der Waals surface area contributed by atoms with Crippen LogP contribution >= 0.6 is 0 Å². The summed E-state index contributed by atoms with van der Waals surface area (Å²) in [5, 5.41) is 3.46. The summed E-state index contributed by atoms with van der Waals surface area (Å²) in [7, 11) is 0. The molecule has 2 unspecified atom stereocenters. The lowest BCUT2D eigenvalue weighted by atomic mass is 10.1. The molecular formula is C11H16N6. The predicted molar refractivity (Wildman–Crippen MR) is 66.5 cm³/mol. The Bertz CT molecular complexity index is 534. The molecule has 2 atom stereocenters. The monoisotopic (exact) mass is 232 g/mol. The Morgan fingerprint density at radius 3 is 3.06 bits per heavy atom. The molecule has 1 saturated carbocycles. The van der Waals surface area contributed by atoms with Crippen LogP contribution in [0.15, 0.2) is 6.33 Å². The Labute approximate surface area is 99.1 Å². The first-order valence-electron chi connectivity index (χ1n) is 5.97. The molecule has 2 heterocycles. The van der Waals surface area contributed by atoms with Gasteiger partial charge in [0.05, 0.1) is 6.33 Å². The number of nitrogens with one attached hydrogen (secondary N) is 2. The van der Waals surface area contributed by atoms with E-state index in [1.54, 1.807) is 6.33 Å². The van der Waals surface area contributed by atoms with Crippen molar-refractivity contribution in [3.05, 3.63) is 6.33 Å². The Hall–Kier alpha value is -1.85. The number of aromatic amines is 1. The largest absolute Gasteiger partial charge is 0.368 e. The van der Waals surface area contributed by atoms with E-state index < -0.39 is 0 Å². The van der Waals surface area contributed by atoms with E-state index in [2.05, 4.69) is 32.2 Å². The van der Waals surface area contributed by atoms with Gasteiger partial charge in [0.15, 0.2) is 11.5 Å². The number of nitrogens with two attached hydrogens (primary N) is 1. The van der Waals surface area contributed by atoms with Gasteiger partial charge in [-0.1, -0.05) is 13.3 Å². The molecule has 2 aromatic rings. The molecule has 0 spiro atoms. The van der Waals surface area contributed by atoms with Gasteiger partial charge in [0.25, 0.3) is 0 Å². The van der Waals surface area contributed by atoms with Crippen LogP contribution in [0.5, 0.6) is 0 Å². The topological polar surface area (TPSA) is 92.5 Å². The van der Waals surface area contributed by atoms with Crippen molar-refractivity contribution >= 4 is 22.9 Å². The third-order valence-corrected chi connectivity index (χ3v) is 3.49. The number of nitrogens with zero attached hydrogens (tertiary/aromatic N) is 3. The fourth-order valence-corrected chi connectivity index (χ4v) is 2.49. The molecule has 0 bridgehead atoms. The van der Waals surface area contributed by atoms with Gasteiger partial charge in [-0.15, -0.1) is 0 Å². The number of fused-ring (bicyclic) bond motifs is 1. The Kier molecular flexibility index (Phi) is 2.35. The van der Waals surface area contributed by atoms with Crippen molar-refractivity contribution in [2.75, 3.05) is 11.1 Å². The van der Waals surface area contributed by atoms with Crippen LogP contribution in [0.4, 0.5) is 11.8 Å². The Balaban J connectivity index is 1.96. The van der Waals surface area contributed by atoms with E-state index in [1.807, 2.05) is 0 Å². The maximum absolute atomic E-state index is 5.68. The van der Waals surface area contributed by atoms with Gasteiger partial charge in [0.1, 0.15) is 5.52 Å². The zero-order valence-electron chi connectivity index (χ0n) is 9.77.